The first kappa shape index (κ1) is 14.0. The van der Waals surface area contributed by atoms with Crippen molar-refractivity contribution in [2.24, 2.45) is 0 Å². The van der Waals surface area contributed by atoms with E-state index in [1.54, 1.807) is 13.0 Å². The van der Waals surface area contributed by atoms with E-state index in [-0.39, 0.29) is 23.3 Å². The molecule has 0 aromatic heterocycles. The Kier molecular flexibility index (Phi) is 3.96. The number of alkyl halides is 3. The molecule has 0 atom stereocenters. The monoisotopic (exact) mass is 257 g/mol. The lowest BCUT2D eigenvalue weighted by atomic mass is 9.99. The first-order chi connectivity index (χ1) is 8.31. The fourth-order valence-corrected chi connectivity index (χ4v) is 1.48. The van der Waals surface area contributed by atoms with Crippen LogP contribution in [0.15, 0.2) is 12.1 Å². The molecule has 96 valence electrons. The number of aryl methyl sites for hydroxylation is 1. The van der Waals surface area contributed by atoms with Gasteiger partial charge in [-0.05, 0) is 31.5 Å². The van der Waals surface area contributed by atoms with E-state index in [1.165, 1.54) is 6.92 Å². The lowest BCUT2D eigenvalue weighted by Gasteiger charge is -2.12. The van der Waals surface area contributed by atoms with Crippen LogP contribution in [0.25, 0.3) is 0 Å². The maximum absolute atomic E-state index is 12.6. The van der Waals surface area contributed by atoms with Gasteiger partial charge in [0, 0.05) is 0 Å². The molecule has 0 saturated heterocycles. The van der Waals surface area contributed by atoms with Crippen molar-refractivity contribution in [3.05, 3.63) is 34.4 Å². The van der Waals surface area contributed by atoms with Gasteiger partial charge in [0.2, 0.25) is 0 Å². The number of carbonyl (C=O) groups is 1. The van der Waals surface area contributed by atoms with Crippen LogP contribution >= 0.6 is 0 Å². The van der Waals surface area contributed by atoms with Gasteiger partial charge in [-0.15, -0.1) is 0 Å². The SMILES string of the molecule is CCOC(=O)c1cc(C)c(C(F)(F)F)cc1C#N. The maximum Gasteiger partial charge on any atom is 0.416 e. The van der Waals surface area contributed by atoms with Crippen LogP contribution in [0.2, 0.25) is 0 Å². The van der Waals surface area contributed by atoms with Crippen LogP contribution < -0.4 is 0 Å². The Labute approximate surface area is 102 Å². The molecule has 3 nitrogen and oxygen atoms in total. The summed E-state index contributed by atoms with van der Waals surface area (Å²) in [5, 5.41) is 8.79. The van der Waals surface area contributed by atoms with Crippen molar-refractivity contribution in [3.63, 3.8) is 0 Å². The summed E-state index contributed by atoms with van der Waals surface area (Å²) in [6, 6.07) is 3.27. The Morgan fingerprint density at radius 1 is 1.44 bits per heavy atom. The molecule has 0 aliphatic carbocycles. The number of ether oxygens (including phenoxy) is 1. The molecule has 1 aromatic carbocycles. The van der Waals surface area contributed by atoms with Crippen LogP contribution in [0, 0.1) is 18.3 Å². The Balaban J connectivity index is 3.38. The lowest BCUT2D eigenvalue weighted by Crippen LogP contribution is -2.12. The van der Waals surface area contributed by atoms with Crippen LogP contribution in [0.5, 0.6) is 0 Å². The van der Waals surface area contributed by atoms with Crippen molar-refractivity contribution in [1.82, 2.24) is 0 Å². The molecule has 1 rings (SSSR count). The van der Waals surface area contributed by atoms with E-state index in [0.29, 0.717) is 6.07 Å². The van der Waals surface area contributed by atoms with Gasteiger partial charge in [-0.25, -0.2) is 4.79 Å². The van der Waals surface area contributed by atoms with Crippen molar-refractivity contribution >= 4 is 5.97 Å². The number of rotatable bonds is 2. The minimum absolute atomic E-state index is 0.0871. The third kappa shape index (κ3) is 2.80. The average Bonchev–Trinajstić information content (AvgIpc) is 2.27. The number of nitrogens with zero attached hydrogens (tertiary/aromatic N) is 1. The van der Waals surface area contributed by atoms with E-state index in [9.17, 15) is 18.0 Å². The van der Waals surface area contributed by atoms with Gasteiger partial charge in [0.05, 0.1) is 23.3 Å². The molecule has 6 heteroatoms. The Morgan fingerprint density at radius 2 is 2.06 bits per heavy atom. The Morgan fingerprint density at radius 3 is 2.50 bits per heavy atom. The Bertz CT molecular complexity index is 515. The Hall–Kier alpha value is -2.03. The molecule has 0 spiro atoms. The van der Waals surface area contributed by atoms with Crippen LogP contribution in [0.1, 0.15) is 34.0 Å². The second-order valence-electron chi connectivity index (χ2n) is 3.54. The predicted octanol–water partition coefficient (Wildman–Crippen LogP) is 3.06. The number of hydrogen-bond donors (Lipinski definition) is 0. The first-order valence-corrected chi connectivity index (χ1v) is 5.10. The average molecular weight is 257 g/mol. The van der Waals surface area contributed by atoms with E-state index >= 15 is 0 Å². The molecule has 0 heterocycles. The molecule has 0 aliphatic rings. The summed E-state index contributed by atoms with van der Waals surface area (Å²) >= 11 is 0. The van der Waals surface area contributed by atoms with E-state index in [1.807, 2.05) is 0 Å². The molecule has 0 fully saturated rings. The third-order valence-corrected chi connectivity index (χ3v) is 2.29. The van der Waals surface area contributed by atoms with Crippen LogP contribution in [-0.4, -0.2) is 12.6 Å². The number of nitriles is 1. The maximum atomic E-state index is 12.6. The van der Waals surface area contributed by atoms with Crippen molar-refractivity contribution in [2.75, 3.05) is 6.61 Å². The van der Waals surface area contributed by atoms with Gasteiger partial charge >= 0.3 is 12.1 Å². The van der Waals surface area contributed by atoms with Gasteiger partial charge in [-0.3, -0.25) is 0 Å². The van der Waals surface area contributed by atoms with Crippen molar-refractivity contribution in [3.8, 4) is 6.07 Å². The van der Waals surface area contributed by atoms with Gasteiger partial charge in [0.15, 0.2) is 0 Å². The number of esters is 1. The summed E-state index contributed by atoms with van der Waals surface area (Å²) in [5.74, 6) is -0.800. The standard InChI is InChI=1S/C12H10F3NO2/c1-3-18-11(17)9-4-7(2)10(12(13,14)15)5-8(9)6-16/h4-5H,3H2,1-2H3. The minimum Gasteiger partial charge on any atom is -0.462 e. The number of hydrogen-bond acceptors (Lipinski definition) is 3. The molecule has 0 radical (unpaired) electrons. The molecule has 0 saturated carbocycles. The van der Waals surface area contributed by atoms with Gasteiger partial charge in [0.25, 0.3) is 0 Å². The molecular formula is C12H10F3NO2. The topological polar surface area (TPSA) is 50.1 Å². The minimum atomic E-state index is -4.55. The summed E-state index contributed by atoms with van der Waals surface area (Å²) < 4.78 is 42.5. The molecule has 0 aliphatic heterocycles. The number of halogens is 3. The highest BCUT2D eigenvalue weighted by Crippen LogP contribution is 2.33. The van der Waals surface area contributed by atoms with Crippen LogP contribution in [0.4, 0.5) is 13.2 Å². The van der Waals surface area contributed by atoms with E-state index in [2.05, 4.69) is 4.74 Å². The first-order valence-electron chi connectivity index (χ1n) is 5.10. The van der Waals surface area contributed by atoms with Gasteiger partial charge < -0.3 is 4.74 Å². The lowest BCUT2D eigenvalue weighted by molar-refractivity contribution is -0.138. The summed E-state index contributed by atoms with van der Waals surface area (Å²) in [5.41, 5.74) is -1.53. The molecular weight excluding hydrogens is 247 g/mol. The molecule has 0 bridgehead atoms. The zero-order valence-electron chi connectivity index (χ0n) is 9.76. The highest BCUT2D eigenvalue weighted by atomic mass is 19.4. The quantitative estimate of drug-likeness (QED) is 0.765. The fraction of sp³-hybridized carbons (Fsp3) is 0.333. The molecule has 0 amide bonds. The highest BCUT2D eigenvalue weighted by molar-refractivity contribution is 5.92. The van der Waals surface area contributed by atoms with Crippen molar-refractivity contribution in [1.29, 1.82) is 5.26 Å². The van der Waals surface area contributed by atoms with Gasteiger partial charge in [-0.1, -0.05) is 0 Å². The third-order valence-electron chi connectivity index (χ3n) is 2.29. The molecule has 1 aromatic rings. The van der Waals surface area contributed by atoms with Gasteiger partial charge in [0.1, 0.15) is 6.07 Å². The smallest absolute Gasteiger partial charge is 0.416 e. The normalized spacial score (nSPS) is 10.9. The molecule has 0 N–H and O–H groups in total. The van der Waals surface area contributed by atoms with Crippen LogP contribution in [0.3, 0.4) is 0 Å². The zero-order valence-corrected chi connectivity index (χ0v) is 9.76. The zero-order chi connectivity index (χ0) is 13.9. The van der Waals surface area contributed by atoms with Crippen LogP contribution in [-0.2, 0) is 10.9 Å². The van der Waals surface area contributed by atoms with Crippen molar-refractivity contribution in [2.45, 2.75) is 20.0 Å². The summed E-state index contributed by atoms with van der Waals surface area (Å²) in [7, 11) is 0. The summed E-state index contributed by atoms with van der Waals surface area (Å²) in [6.45, 7) is 2.89. The summed E-state index contributed by atoms with van der Waals surface area (Å²) in [4.78, 5) is 11.5. The van der Waals surface area contributed by atoms with E-state index in [0.717, 1.165) is 6.07 Å². The van der Waals surface area contributed by atoms with Crippen molar-refractivity contribution < 1.29 is 22.7 Å². The second kappa shape index (κ2) is 5.08. The largest absolute Gasteiger partial charge is 0.462 e. The van der Waals surface area contributed by atoms with E-state index < -0.39 is 17.7 Å². The number of benzene rings is 1. The summed E-state index contributed by atoms with van der Waals surface area (Å²) in [6.07, 6.45) is -4.55. The fourth-order valence-electron chi connectivity index (χ4n) is 1.48. The van der Waals surface area contributed by atoms with Gasteiger partial charge in [-0.2, -0.15) is 18.4 Å². The molecule has 0 unspecified atom stereocenters. The predicted molar refractivity (Wildman–Crippen MR) is 56.9 cm³/mol. The second-order valence-corrected chi connectivity index (χ2v) is 3.54. The molecule has 18 heavy (non-hydrogen) atoms. The highest BCUT2D eigenvalue weighted by Gasteiger charge is 2.33. The van der Waals surface area contributed by atoms with E-state index in [4.69, 9.17) is 5.26 Å². The number of carbonyl (C=O) groups excluding carboxylic acids is 1.